The van der Waals surface area contributed by atoms with Crippen molar-refractivity contribution in [3.63, 3.8) is 0 Å². The molecule has 0 spiro atoms. The highest BCUT2D eigenvalue weighted by Crippen LogP contribution is 2.05. The minimum Gasteiger partial charge on any atom is -0.352 e. The molecule has 0 unspecified atom stereocenters. The lowest BCUT2D eigenvalue weighted by Gasteiger charge is -2.04. The van der Waals surface area contributed by atoms with Gasteiger partial charge >= 0.3 is 0 Å². The lowest BCUT2D eigenvalue weighted by molar-refractivity contribution is 0.0954. The molecule has 0 aliphatic carbocycles. The molecule has 0 saturated carbocycles. The molecule has 0 radical (unpaired) electrons. The maximum Gasteiger partial charge on any atom is 0.252 e. The zero-order valence-electron chi connectivity index (χ0n) is 9.91. The van der Waals surface area contributed by atoms with Crippen LogP contribution in [0.2, 0.25) is 0 Å². The van der Waals surface area contributed by atoms with E-state index in [1.807, 2.05) is 0 Å². The smallest absolute Gasteiger partial charge is 0.252 e. The molecule has 18 heavy (non-hydrogen) atoms. The van der Waals surface area contributed by atoms with Crippen LogP contribution in [0.5, 0.6) is 0 Å². The number of amides is 1. The zero-order chi connectivity index (χ0) is 12.8. The molecule has 2 heterocycles. The first-order valence-corrected chi connectivity index (χ1v) is 5.65. The van der Waals surface area contributed by atoms with E-state index in [1.165, 1.54) is 0 Å². The van der Waals surface area contributed by atoms with Gasteiger partial charge in [-0.3, -0.25) is 9.36 Å². The third-order valence-corrected chi connectivity index (χ3v) is 2.41. The van der Waals surface area contributed by atoms with Crippen molar-refractivity contribution in [2.45, 2.75) is 6.42 Å². The Hall–Kier alpha value is -2.43. The van der Waals surface area contributed by atoms with E-state index in [1.54, 1.807) is 47.7 Å². The molecule has 2 rings (SSSR count). The second-order valence-electron chi connectivity index (χ2n) is 3.71. The molecule has 1 amide bonds. The van der Waals surface area contributed by atoms with Crippen LogP contribution >= 0.6 is 0 Å². The van der Waals surface area contributed by atoms with E-state index in [0.29, 0.717) is 12.1 Å². The second kappa shape index (κ2) is 5.77. The maximum absolute atomic E-state index is 11.7. The van der Waals surface area contributed by atoms with Crippen LogP contribution in [0.25, 0.3) is 5.82 Å². The quantitative estimate of drug-likeness (QED) is 0.639. The number of carbonyl (C=O) groups excluding carboxylic acids is 1. The van der Waals surface area contributed by atoms with Gasteiger partial charge < -0.3 is 5.32 Å². The third-order valence-electron chi connectivity index (χ3n) is 2.41. The molecule has 2 aromatic heterocycles. The van der Waals surface area contributed by atoms with E-state index in [2.05, 4.69) is 21.9 Å². The van der Waals surface area contributed by atoms with Crippen molar-refractivity contribution in [3.05, 3.63) is 55.3 Å². The predicted octanol–water partition coefficient (Wildman–Crippen LogP) is 1.57. The molecule has 1 N–H and O–H groups in total. The first kappa shape index (κ1) is 12.0. The fraction of sp³-hybridized carbons (Fsp3) is 0.154. The molecular formula is C13H14N4O. The van der Waals surface area contributed by atoms with Crippen molar-refractivity contribution in [2.24, 2.45) is 0 Å². The largest absolute Gasteiger partial charge is 0.352 e. The van der Waals surface area contributed by atoms with E-state index in [0.717, 1.165) is 12.2 Å². The van der Waals surface area contributed by atoms with Crippen molar-refractivity contribution >= 4 is 5.91 Å². The highest BCUT2D eigenvalue weighted by atomic mass is 16.1. The van der Waals surface area contributed by atoms with Crippen LogP contribution in [-0.4, -0.2) is 27.0 Å². The Balaban J connectivity index is 2.03. The number of imidazole rings is 1. The Morgan fingerprint density at radius 1 is 1.50 bits per heavy atom. The minimum atomic E-state index is -0.124. The van der Waals surface area contributed by atoms with E-state index < -0.39 is 0 Å². The van der Waals surface area contributed by atoms with Gasteiger partial charge in [0.15, 0.2) is 0 Å². The number of aromatic nitrogens is 3. The molecule has 5 heteroatoms. The fourth-order valence-electron chi connectivity index (χ4n) is 1.46. The van der Waals surface area contributed by atoms with Crippen LogP contribution in [0.1, 0.15) is 16.8 Å². The summed E-state index contributed by atoms with van der Waals surface area (Å²) in [6.45, 7) is 4.19. The summed E-state index contributed by atoms with van der Waals surface area (Å²) in [6.07, 6.45) is 9.21. The first-order valence-electron chi connectivity index (χ1n) is 5.65. The Labute approximate surface area is 105 Å². The normalized spacial score (nSPS) is 10.0. The Bertz CT molecular complexity index is 516. The van der Waals surface area contributed by atoms with Gasteiger partial charge in [-0.05, 0) is 18.6 Å². The van der Waals surface area contributed by atoms with Crippen molar-refractivity contribution in [1.82, 2.24) is 19.9 Å². The molecule has 0 aliphatic heterocycles. The number of rotatable bonds is 5. The Morgan fingerprint density at radius 2 is 2.39 bits per heavy atom. The van der Waals surface area contributed by atoms with Crippen molar-refractivity contribution in [3.8, 4) is 5.82 Å². The Kier molecular flexibility index (Phi) is 3.86. The zero-order valence-corrected chi connectivity index (χ0v) is 9.91. The van der Waals surface area contributed by atoms with Gasteiger partial charge in [0, 0.05) is 25.1 Å². The molecule has 0 aromatic carbocycles. The topological polar surface area (TPSA) is 59.8 Å². The van der Waals surface area contributed by atoms with Crippen molar-refractivity contribution in [1.29, 1.82) is 0 Å². The van der Waals surface area contributed by atoms with E-state index in [-0.39, 0.29) is 5.91 Å². The molecule has 5 nitrogen and oxygen atoms in total. The van der Waals surface area contributed by atoms with Gasteiger partial charge in [-0.2, -0.15) is 0 Å². The van der Waals surface area contributed by atoms with Crippen LogP contribution in [-0.2, 0) is 0 Å². The molecule has 0 saturated heterocycles. The molecular weight excluding hydrogens is 228 g/mol. The molecule has 2 aromatic rings. The maximum atomic E-state index is 11.7. The van der Waals surface area contributed by atoms with Crippen LogP contribution < -0.4 is 5.32 Å². The average Bonchev–Trinajstić information content (AvgIpc) is 2.93. The lowest BCUT2D eigenvalue weighted by atomic mass is 10.2. The van der Waals surface area contributed by atoms with E-state index in [4.69, 9.17) is 0 Å². The van der Waals surface area contributed by atoms with Gasteiger partial charge in [-0.25, -0.2) is 9.97 Å². The van der Waals surface area contributed by atoms with Crippen LogP contribution in [0.15, 0.2) is 49.7 Å². The van der Waals surface area contributed by atoms with Gasteiger partial charge in [0.25, 0.3) is 5.91 Å². The summed E-state index contributed by atoms with van der Waals surface area (Å²) >= 11 is 0. The predicted molar refractivity (Wildman–Crippen MR) is 68.5 cm³/mol. The number of carbonyl (C=O) groups is 1. The van der Waals surface area contributed by atoms with E-state index in [9.17, 15) is 4.79 Å². The highest BCUT2D eigenvalue weighted by Gasteiger charge is 2.05. The molecule has 0 bridgehead atoms. The van der Waals surface area contributed by atoms with E-state index >= 15 is 0 Å². The van der Waals surface area contributed by atoms with Crippen LogP contribution in [0.4, 0.5) is 0 Å². The second-order valence-corrected chi connectivity index (χ2v) is 3.71. The number of nitrogens with zero attached hydrogens (tertiary/aromatic N) is 3. The van der Waals surface area contributed by atoms with Crippen LogP contribution in [0.3, 0.4) is 0 Å². The Morgan fingerprint density at radius 3 is 3.00 bits per heavy atom. The van der Waals surface area contributed by atoms with Crippen LogP contribution in [0, 0.1) is 0 Å². The van der Waals surface area contributed by atoms with Gasteiger partial charge in [-0.1, -0.05) is 6.08 Å². The fourth-order valence-corrected chi connectivity index (χ4v) is 1.46. The summed E-state index contributed by atoms with van der Waals surface area (Å²) in [4.78, 5) is 19.9. The third kappa shape index (κ3) is 2.82. The molecule has 0 fully saturated rings. The average molecular weight is 242 g/mol. The summed E-state index contributed by atoms with van der Waals surface area (Å²) in [5.74, 6) is 0.608. The number of pyridine rings is 1. The van der Waals surface area contributed by atoms with Gasteiger partial charge in [0.1, 0.15) is 12.1 Å². The molecule has 0 atom stereocenters. The minimum absolute atomic E-state index is 0.124. The van der Waals surface area contributed by atoms with Gasteiger partial charge in [0.2, 0.25) is 0 Å². The highest BCUT2D eigenvalue weighted by molar-refractivity contribution is 5.93. The summed E-state index contributed by atoms with van der Waals surface area (Å²) < 4.78 is 1.78. The lowest BCUT2D eigenvalue weighted by Crippen LogP contribution is -2.24. The SMILES string of the molecule is C=CCCNC(=O)c1ccc(-n2ccnc2)nc1. The number of nitrogens with one attached hydrogen (secondary N) is 1. The summed E-state index contributed by atoms with van der Waals surface area (Å²) in [5, 5.41) is 2.78. The monoisotopic (exact) mass is 242 g/mol. The van der Waals surface area contributed by atoms with Crippen molar-refractivity contribution in [2.75, 3.05) is 6.54 Å². The molecule has 92 valence electrons. The van der Waals surface area contributed by atoms with Crippen molar-refractivity contribution < 1.29 is 4.79 Å². The first-order chi connectivity index (χ1) is 8.81. The standard InChI is InChI=1S/C13H14N4O/c1-2-3-6-15-13(18)11-4-5-12(16-9-11)17-8-7-14-10-17/h2,4-5,7-10H,1,3,6H2,(H,15,18). The number of hydrogen-bond acceptors (Lipinski definition) is 3. The summed E-state index contributed by atoms with van der Waals surface area (Å²) in [7, 11) is 0. The van der Waals surface area contributed by atoms with Gasteiger partial charge in [0.05, 0.1) is 5.56 Å². The van der Waals surface area contributed by atoms with Gasteiger partial charge in [-0.15, -0.1) is 6.58 Å². The molecule has 0 aliphatic rings. The summed E-state index contributed by atoms with van der Waals surface area (Å²) in [5.41, 5.74) is 0.544. The summed E-state index contributed by atoms with van der Waals surface area (Å²) in [6, 6.07) is 3.52. The number of hydrogen-bond donors (Lipinski definition) is 1.